The number of rotatable bonds is 6. The molecule has 0 heterocycles. The van der Waals surface area contributed by atoms with Crippen molar-refractivity contribution >= 4 is 41.0 Å². The Morgan fingerprint density at radius 2 is 1.85 bits per heavy atom. The normalized spacial score (nSPS) is 19.7. The van der Waals surface area contributed by atoms with Crippen molar-refractivity contribution in [1.82, 2.24) is 10.6 Å². The molecule has 1 aromatic rings. The molecule has 0 fully saturated rings. The summed E-state index contributed by atoms with van der Waals surface area (Å²) in [6.45, 7) is 1.79. The Balaban J connectivity index is 1.95. The molecule has 0 aliphatic heterocycles. The lowest BCUT2D eigenvalue weighted by Gasteiger charge is -2.20. The lowest BCUT2D eigenvalue weighted by molar-refractivity contribution is -0.144. The molecule has 8 heteroatoms. The number of ether oxygens (including phenoxy) is 1. The van der Waals surface area contributed by atoms with Crippen LogP contribution in [0.4, 0.5) is 0 Å². The van der Waals surface area contributed by atoms with Gasteiger partial charge < -0.3 is 15.4 Å². The van der Waals surface area contributed by atoms with E-state index in [-0.39, 0.29) is 29.4 Å². The first kappa shape index (κ1) is 20.3. The lowest BCUT2D eigenvalue weighted by Crippen LogP contribution is -2.48. The Bertz CT molecular complexity index is 716. The molecule has 1 aliphatic rings. The van der Waals surface area contributed by atoms with E-state index >= 15 is 0 Å². The van der Waals surface area contributed by atoms with Gasteiger partial charge in [0.05, 0.1) is 13.0 Å². The van der Waals surface area contributed by atoms with Crippen molar-refractivity contribution in [2.45, 2.75) is 31.8 Å². The maximum atomic E-state index is 12.4. The van der Waals surface area contributed by atoms with Gasteiger partial charge in [-0.05, 0) is 31.0 Å². The van der Waals surface area contributed by atoms with Gasteiger partial charge in [-0.2, -0.15) is 0 Å². The van der Waals surface area contributed by atoms with Crippen molar-refractivity contribution in [2.75, 3.05) is 7.11 Å². The van der Waals surface area contributed by atoms with E-state index in [2.05, 4.69) is 10.6 Å². The molecule has 2 N–H and O–H groups in total. The Morgan fingerprint density at radius 3 is 2.42 bits per heavy atom. The second kappa shape index (κ2) is 9.05. The molecule has 140 valence electrons. The molecule has 2 rings (SSSR count). The van der Waals surface area contributed by atoms with Gasteiger partial charge in [0.25, 0.3) is 5.91 Å². The monoisotopic (exact) mass is 398 g/mol. The van der Waals surface area contributed by atoms with Gasteiger partial charge in [-0.1, -0.05) is 42.3 Å². The van der Waals surface area contributed by atoms with E-state index in [1.807, 2.05) is 0 Å². The standard InChI is InChI=1S/C18H20Cl2N2O4/c1-3-15(22-16(23)11-6-12(19)9-13(20)7-11)17(24)21-14-5-4-10(8-14)18(25)26-2/h4-7,9-10,14-15H,3,8H2,1-2H3,(H,21,24)(H,22,23)/t10-,14+,15?/m1/s1. The number of halogens is 2. The van der Waals surface area contributed by atoms with E-state index < -0.39 is 11.9 Å². The fourth-order valence-electron chi connectivity index (χ4n) is 2.69. The molecule has 2 amide bonds. The molecule has 0 radical (unpaired) electrons. The number of benzene rings is 1. The molecule has 0 saturated carbocycles. The van der Waals surface area contributed by atoms with Crippen molar-refractivity contribution in [1.29, 1.82) is 0 Å². The summed E-state index contributed by atoms with van der Waals surface area (Å²) in [5.74, 6) is -1.47. The Morgan fingerprint density at radius 1 is 1.19 bits per heavy atom. The first-order chi connectivity index (χ1) is 12.3. The van der Waals surface area contributed by atoms with Gasteiger partial charge in [0.15, 0.2) is 0 Å². The average Bonchev–Trinajstić information content (AvgIpc) is 3.06. The average molecular weight is 399 g/mol. The van der Waals surface area contributed by atoms with Crippen LogP contribution in [0.3, 0.4) is 0 Å². The van der Waals surface area contributed by atoms with Gasteiger partial charge in [0.2, 0.25) is 5.91 Å². The second-order valence-electron chi connectivity index (χ2n) is 5.96. The number of amides is 2. The molecule has 6 nitrogen and oxygen atoms in total. The largest absolute Gasteiger partial charge is 0.469 e. The van der Waals surface area contributed by atoms with Gasteiger partial charge in [0.1, 0.15) is 6.04 Å². The summed E-state index contributed by atoms with van der Waals surface area (Å²) in [4.78, 5) is 36.3. The maximum absolute atomic E-state index is 12.4. The van der Waals surface area contributed by atoms with Gasteiger partial charge in [-0.25, -0.2) is 0 Å². The van der Waals surface area contributed by atoms with Crippen LogP contribution in [0.15, 0.2) is 30.4 Å². The van der Waals surface area contributed by atoms with E-state index in [0.29, 0.717) is 22.9 Å². The van der Waals surface area contributed by atoms with Crippen molar-refractivity contribution < 1.29 is 19.1 Å². The third-order valence-corrected chi connectivity index (χ3v) is 4.51. The lowest BCUT2D eigenvalue weighted by atomic mass is 10.1. The molecule has 3 atom stereocenters. The summed E-state index contributed by atoms with van der Waals surface area (Å²) in [5.41, 5.74) is 0.278. The van der Waals surface area contributed by atoms with Gasteiger partial charge >= 0.3 is 5.97 Å². The van der Waals surface area contributed by atoms with Crippen LogP contribution in [0.5, 0.6) is 0 Å². The minimum absolute atomic E-state index is 0.278. The van der Waals surface area contributed by atoms with Crippen molar-refractivity contribution in [3.8, 4) is 0 Å². The van der Waals surface area contributed by atoms with E-state index in [0.717, 1.165) is 0 Å². The van der Waals surface area contributed by atoms with Crippen LogP contribution in [-0.4, -0.2) is 37.0 Å². The first-order valence-corrected chi connectivity index (χ1v) is 8.93. The molecule has 0 saturated heterocycles. The first-order valence-electron chi connectivity index (χ1n) is 8.17. The van der Waals surface area contributed by atoms with E-state index in [1.165, 1.54) is 25.3 Å². The van der Waals surface area contributed by atoms with E-state index in [4.69, 9.17) is 27.9 Å². The summed E-state index contributed by atoms with van der Waals surface area (Å²) < 4.78 is 4.70. The highest BCUT2D eigenvalue weighted by molar-refractivity contribution is 6.35. The Labute approximate surface area is 161 Å². The number of hydrogen-bond donors (Lipinski definition) is 2. The van der Waals surface area contributed by atoms with Crippen LogP contribution < -0.4 is 10.6 Å². The third-order valence-electron chi connectivity index (χ3n) is 4.07. The van der Waals surface area contributed by atoms with Gasteiger partial charge in [0, 0.05) is 21.7 Å². The minimum Gasteiger partial charge on any atom is -0.469 e. The fourth-order valence-corrected chi connectivity index (χ4v) is 3.22. The van der Waals surface area contributed by atoms with Crippen molar-refractivity contribution in [3.63, 3.8) is 0 Å². The fraction of sp³-hybridized carbons (Fsp3) is 0.389. The van der Waals surface area contributed by atoms with Crippen molar-refractivity contribution in [2.24, 2.45) is 5.92 Å². The van der Waals surface area contributed by atoms with Gasteiger partial charge in [-0.15, -0.1) is 0 Å². The van der Waals surface area contributed by atoms with Crippen LogP contribution in [0.2, 0.25) is 10.0 Å². The van der Waals surface area contributed by atoms with Crippen molar-refractivity contribution in [3.05, 3.63) is 46.0 Å². The Hall–Kier alpha value is -2.05. The highest BCUT2D eigenvalue weighted by atomic mass is 35.5. The summed E-state index contributed by atoms with van der Waals surface area (Å²) in [5, 5.41) is 6.17. The quantitative estimate of drug-likeness (QED) is 0.569. The third kappa shape index (κ3) is 5.22. The molecular formula is C18H20Cl2N2O4. The van der Waals surface area contributed by atoms with Crippen LogP contribution in [-0.2, 0) is 14.3 Å². The Kier molecular flexibility index (Phi) is 7.06. The summed E-state index contributed by atoms with van der Waals surface area (Å²) >= 11 is 11.8. The molecule has 1 unspecified atom stereocenters. The molecule has 26 heavy (non-hydrogen) atoms. The molecule has 0 aromatic heterocycles. The number of esters is 1. The summed E-state index contributed by atoms with van der Waals surface area (Å²) in [6, 6.07) is 3.49. The number of methoxy groups -OCH3 is 1. The zero-order chi connectivity index (χ0) is 19.3. The smallest absolute Gasteiger partial charge is 0.312 e. The maximum Gasteiger partial charge on any atom is 0.312 e. The number of carbonyl (C=O) groups excluding carboxylic acids is 3. The van der Waals surface area contributed by atoms with E-state index in [1.54, 1.807) is 19.1 Å². The summed E-state index contributed by atoms with van der Waals surface area (Å²) in [6.07, 6.45) is 4.31. The topological polar surface area (TPSA) is 84.5 Å². The highest BCUT2D eigenvalue weighted by Crippen LogP contribution is 2.20. The molecular weight excluding hydrogens is 379 g/mol. The van der Waals surface area contributed by atoms with Crippen LogP contribution in [0.1, 0.15) is 30.1 Å². The van der Waals surface area contributed by atoms with Gasteiger partial charge in [-0.3, -0.25) is 14.4 Å². The highest BCUT2D eigenvalue weighted by Gasteiger charge is 2.28. The van der Waals surface area contributed by atoms with E-state index in [9.17, 15) is 14.4 Å². The molecule has 0 spiro atoms. The van der Waals surface area contributed by atoms with Crippen LogP contribution >= 0.6 is 23.2 Å². The molecule has 1 aromatic carbocycles. The summed E-state index contributed by atoms with van der Waals surface area (Å²) in [7, 11) is 1.33. The SMILES string of the molecule is CCC(NC(=O)c1cc(Cl)cc(Cl)c1)C(=O)N[C@H]1C=C[C@@H](C(=O)OC)C1. The molecule has 1 aliphatic carbocycles. The number of hydrogen-bond acceptors (Lipinski definition) is 4. The number of carbonyl (C=O) groups is 3. The second-order valence-corrected chi connectivity index (χ2v) is 6.83. The molecule has 0 bridgehead atoms. The van der Waals surface area contributed by atoms with Crippen LogP contribution in [0, 0.1) is 5.92 Å². The predicted molar refractivity (Wildman–Crippen MR) is 99.2 cm³/mol. The minimum atomic E-state index is -0.717. The zero-order valence-corrected chi connectivity index (χ0v) is 15.9. The predicted octanol–water partition coefficient (Wildman–Crippen LogP) is 2.74. The van der Waals surface area contributed by atoms with Crippen LogP contribution in [0.25, 0.3) is 0 Å². The number of nitrogens with one attached hydrogen (secondary N) is 2. The zero-order valence-electron chi connectivity index (χ0n) is 14.4.